The molecule has 0 saturated carbocycles. The maximum atomic E-state index is 10.4. The van der Waals surface area contributed by atoms with Gasteiger partial charge in [-0.05, 0) is 51.3 Å². The minimum absolute atomic E-state index is 0.00305. The minimum atomic E-state index is -0.565. The molecule has 0 fully saturated rings. The van der Waals surface area contributed by atoms with Crippen LogP contribution in [0.2, 0.25) is 0 Å². The van der Waals surface area contributed by atoms with Crippen LogP contribution in [0.15, 0.2) is 47.2 Å². The van der Waals surface area contributed by atoms with Crippen molar-refractivity contribution in [3.8, 4) is 5.75 Å². The zero-order valence-electron chi connectivity index (χ0n) is 10.9. The molecule has 1 heterocycles. The summed E-state index contributed by atoms with van der Waals surface area (Å²) in [4.78, 5) is 3.99. The van der Waals surface area contributed by atoms with Gasteiger partial charge in [-0.3, -0.25) is 4.98 Å². The van der Waals surface area contributed by atoms with E-state index >= 15 is 0 Å². The van der Waals surface area contributed by atoms with Crippen LogP contribution in [0.1, 0.15) is 30.1 Å². The quantitative estimate of drug-likeness (QED) is 0.933. The molecule has 0 bridgehead atoms. The summed E-state index contributed by atoms with van der Waals surface area (Å²) in [6.07, 6.45) is 2.91. The first-order chi connectivity index (χ1) is 9.13. The molecule has 1 aromatic carbocycles. The monoisotopic (exact) mass is 321 g/mol. The first-order valence-corrected chi connectivity index (χ1v) is 6.84. The number of aliphatic hydroxyl groups excluding tert-OH is 1. The molecule has 19 heavy (non-hydrogen) atoms. The average Bonchev–Trinajstić information content (AvgIpc) is 2.46. The molecule has 1 N–H and O–H groups in total. The highest BCUT2D eigenvalue weighted by Crippen LogP contribution is 2.34. The second-order valence-corrected chi connectivity index (χ2v) is 5.26. The van der Waals surface area contributed by atoms with E-state index in [1.807, 2.05) is 37.3 Å². The lowest BCUT2D eigenvalue weighted by atomic mass is 9.91. The van der Waals surface area contributed by atoms with Crippen molar-refractivity contribution < 1.29 is 9.84 Å². The van der Waals surface area contributed by atoms with Crippen LogP contribution < -0.4 is 4.74 Å². The minimum Gasteiger partial charge on any atom is -0.496 e. The highest BCUT2D eigenvalue weighted by molar-refractivity contribution is 9.10. The van der Waals surface area contributed by atoms with Gasteiger partial charge in [-0.1, -0.05) is 13.0 Å². The summed E-state index contributed by atoms with van der Waals surface area (Å²) in [5, 5.41) is 10.4. The lowest BCUT2D eigenvalue weighted by molar-refractivity contribution is 0.151. The SMILES string of the molecule is COc1ccc(C(O)C(C)c2ccncc2)cc1Br. The van der Waals surface area contributed by atoms with Crippen molar-refractivity contribution >= 4 is 15.9 Å². The van der Waals surface area contributed by atoms with Gasteiger partial charge in [-0.25, -0.2) is 0 Å². The number of hydrogen-bond acceptors (Lipinski definition) is 3. The Morgan fingerprint density at radius 3 is 2.42 bits per heavy atom. The molecule has 2 aromatic rings. The van der Waals surface area contributed by atoms with Crippen LogP contribution >= 0.6 is 15.9 Å². The second kappa shape index (κ2) is 6.17. The van der Waals surface area contributed by atoms with E-state index in [1.54, 1.807) is 19.5 Å². The Hall–Kier alpha value is -1.39. The summed E-state index contributed by atoms with van der Waals surface area (Å²) >= 11 is 3.43. The van der Waals surface area contributed by atoms with Crippen LogP contribution in [0, 0.1) is 0 Å². The summed E-state index contributed by atoms with van der Waals surface area (Å²) in [6, 6.07) is 9.47. The van der Waals surface area contributed by atoms with E-state index < -0.39 is 6.10 Å². The Morgan fingerprint density at radius 2 is 1.84 bits per heavy atom. The third kappa shape index (κ3) is 3.14. The molecule has 0 spiro atoms. The molecule has 2 unspecified atom stereocenters. The maximum Gasteiger partial charge on any atom is 0.133 e. The van der Waals surface area contributed by atoms with Crippen LogP contribution in [-0.4, -0.2) is 17.2 Å². The predicted octanol–water partition coefficient (Wildman–Crippen LogP) is 3.69. The van der Waals surface area contributed by atoms with Gasteiger partial charge in [-0.15, -0.1) is 0 Å². The van der Waals surface area contributed by atoms with Gasteiger partial charge in [0.25, 0.3) is 0 Å². The van der Waals surface area contributed by atoms with Crippen molar-refractivity contribution in [2.45, 2.75) is 18.9 Å². The van der Waals surface area contributed by atoms with Crippen molar-refractivity contribution in [2.75, 3.05) is 7.11 Å². The number of ether oxygens (including phenoxy) is 1. The van der Waals surface area contributed by atoms with Gasteiger partial charge in [0.1, 0.15) is 5.75 Å². The van der Waals surface area contributed by atoms with Crippen molar-refractivity contribution in [3.05, 3.63) is 58.3 Å². The molecule has 0 amide bonds. The van der Waals surface area contributed by atoms with Crippen molar-refractivity contribution in [2.24, 2.45) is 0 Å². The molecule has 2 atom stereocenters. The topological polar surface area (TPSA) is 42.4 Å². The van der Waals surface area contributed by atoms with Crippen LogP contribution in [0.25, 0.3) is 0 Å². The van der Waals surface area contributed by atoms with Gasteiger partial charge >= 0.3 is 0 Å². The average molecular weight is 322 g/mol. The van der Waals surface area contributed by atoms with Gasteiger partial charge in [0.15, 0.2) is 0 Å². The fourth-order valence-corrected chi connectivity index (χ4v) is 2.56. The van der Waals surface area contributed by atoms with Gasteiger partial charge < -0.3 is 9.84 Å². The summed E-state index contributed by atoms with van der Waals surface area (Å²) in [7, 11) is 1.62. The molecule has 2 rings (SSSR count). The molecule has 0 aliphatic rings. The number of hydrogen-bond donors (Lipinski definition) is 1. The van der Waals surface area contributed by atoms with Gasteiger partial charge in [-0.2, -0.15) is 0 Å². The number of nitrogens with zero attached hydrogens (tertiary/aromatic N) is 1. The van der Waals surface area contributed by atoms with E-state index in [2.05, 4.69) is 20.9 Å². The van der Waals surface area contributed by atoms with Crippen LogP contribution in [0.3, 0.4) is 0 Å². The molecule has 0 saturated heterocycles. The zero-order valence-corrected chi connectivity index (χ0v) is 12.5. The molecular formula is C15H16BrNO2. The molecule has 1 aromatic heterocycles. The maximum absolute atomic E-state index is 10.4. The van der Waals surface area contributed by atoms with Crippen LogP contribution in [0.5, 0.6) is 5.75 Å². The number of aromatic nitrogens is 1. The number of rotatable bonds is 4. The highest BCUT2D eigenvalue weighted by Gasteiger charge is 2.19. The Kier molecular flexibility index (Phi) is 4.56. The molecule has 0 aliphatic heterocycles. The van der Waals surface area contributed by atoms with Crippen LogP contribution in [0.4, 0.5) is 0 Å². The predicted molar refractivity (Wildman–Crippen MR) is 78.3 cm³/mol. The summed E-state index contributed by atoms with van der Waals surface area (Å²) < 4.78 is 6.03. The first kappa shape index (κ1) is 14.0. The second-order valence-electron chi connectivity index (χ2n) is 4.41. The number of pyridine rings is 1. The summed E-state index contributed by atoms with van der Waals surface area (Å²) in [6.45, 7) is 2.00. The third-order valence-electron chi connectivity index (χ3n) is 3.22. The number of halogens is 1. The van der Waals surface area contributed by atoms with Gasteiger partial charge in [0.05, 0.1) is 17.7 Å². The van der Waals surface area contributed by atoms with Crippen molar-refractivity contribution in [1.82, 2.24) is 4.98 Å². The number of benzene rings is 1. The smallest absolute Gasteiger partial charge is 0.133 e. The zero-order chi connectivity index (χ0) is 13.8. The standard InChI is InChI=1S/C15H16BrNO2/c1-10(11-5-7-17-8-6-11)15(18)12-3-4-14(19-2)13(16)9-12/h3-10,15,18H,1-2H3. The Morgan fingerprint density at radius 1 is 1.16 bits per heavy atom. The van der Waals surface area contributed by atoms with E-state index in [1.165, 1.54) is 0 Å². The van der Waals surface area contributed by atoms with E-state index in [-0.39, 0.29) is 5.92 Å². The van der Waals surface area contributed by atoms with E-state index in [9.17, 15) is 5.11 Å². The molecular weight excluding hydrogens is 306 g/mol. The lowest BCUT2D eigenvalue weighted by Crippen LogP contribution is -2.08. The van der Waals surface area contributed by atoms with Crippen LogP contribution in [-0.2, 0) is 0 Å². The van der Waals surface area contributed by atoms with Crippen molar-refractivity contribution in [1.29, 1.82) is 0 Å². The molecule has 3 nitrogen and oxygen atoms in total. The number of aliphatic hydroxyl groups is 1. The Bertz CT molecular complexity index is 545. The lowest BCUT2D eigenvalue weighted by Gasteiger charge is -2.20. The van der Waals surface area contributed by atoms with E-state index in [4.69, 9.17) is 4.74 Å². The molecule has 4 heteroatoms. The number of methoxy groups -OCH3 is 1. The normalized spacial score (nSPS) is 13.9. The third-order valence-corrected chi connectivity index (χ3v) is 3.84. The molecule has 0 aliphatic carbocycles. The molecule has 100 valence electrons. The highest BCUT2D eigenvalue weighted by atomic mass is 79.9. The first-order valence-electron chi connectivity index (χ1n) is 6.05. The van der Waals surface area contributed by atoms with Crippen molar-refractivity contribution in [3.63, 3.8) is 0 Å². The summed E-state index contributed by atoms with van der Waals surface area (Å²) in [5.74, 6) is 0.760. The Labute approximate surface area is 121 Å². The fourth-order valence-electron chi connectivity index (χ4n) is 2.00. The fraction of sp³-hybridized carbons (Fsp3) is 0.267. The largest absolute Gasteiger partial charge is 0.496 e. The molecule has 0 radical (unpaired) electrons. The van der Waals surface area contributed by atoms with E-state index in [0.29, 0.717) is 0 Å². The van der Waals surface area contributed by atoms with Gasteiger partial charge in [0, 0.05) is 18.3 Å². The Balaban J connectivity index is 2.24. The summed E-state index contributed by atoms with van der Waals surface area (Å²) in [5.41, 5.74) is 1.92. The van der Waals surface area contributed by atoms with Gasteiger partial charge in [0.2, 0.25) is 0 Å². The van der Waals surface area contributed by atoms with E-state index in [0.717, 1.165) is 21.3 Å².